The summed E-state index contributed by atoms with van der Waals surface area (Å²) in [5.74, 6) is -0.0897. The van der Waals surface area contributed by atoms with E-state index in [2.05, 4.69) is 5.32 Å². The highest BCUT2D eigenvalue weighted by atomic mass is 32.2. The third kappa shape index (κ3) is 4.38. The summed E-state index contributed by atoms with van der Waals surface area (Å²) < 4.78 is 27.7. The van der Waals surface area contributed by atoms with E-state index in [4.69, 9.17) is 9.88 Å². The fraction of sp³-hybridized carbons (Fsp3) is 0.250. The molecule has 0 fully saturated rings. The number of likely N-dealkylation sites (N-methyl/N-ethyl adjacent to an activating group) is 1. The van der Waals surface area contributed by atoms with Crippen LogP contribution in [0.25, 0.3) is 6.08 Å². The maximum atomic E-state index is 11.4. The first-order valence-corrected chi connectivity index (χ1v) is 7.10. The Morgan fingerprint density at radius 1 is 1.47 bits per heavy atom. The van der Waals surface area contributed by atoms with Crippen molar-refractivity contribution in [2.45, 2.75) is 11.8 Å². The molecule has 0 bridgehead atoms. The SMILES string of the molecule is CCNC(=O)/C=C/c1ccc(OC)c(S(N)(=O)=O)c1. The highest BCUT2D eigenvalue weighted by Crippen LogP contribution is 2.24. The van der Waals surface area contributed by atoms with Crippen LogP contribution in [0.3, 0.4) is 0 Å². The number of primary sulfonamides is 1. The molecule has 0 spiro atoms. The molecule has 0 radical (unpaired) electrons. The van der Waals surface area contributed by atoms with Gasteiger partial charge >= 0.3 is 0 Å². The van der Waals surface area contributed by atoms with Crippen molar-refractivity contribution in [3.8, 4) is 5.75 Å². The van der Waals surface area contributed by atoms with E-state index >= 15 is 0 Å². The maximum Gasteiger partial charge on any atom is 0.243 e. The molecule has 3 N–H and O–H groups in total. The van der Waals surface area contributed by atoms with Crippen LogP contribution in [0.4, 0.5) is 0 Å². The molecule has 0 unspecified atom stereocenters. The zero-order chi connectivity index (χ0) is 14.5. The van der Waals surface area contributed by atoms with Crippen LogP contribution in [0.5, 0.6) is 5.75 Å². The molecule has 0 aromatic heterocycles. The Labute approximate surface area is 112 Å². The molecule has 104 valence electrons. The summed E-state index contributed by atoms with van der Waals surface area (Å²) in [6.45, 7) is 2.33. The molecule has 0 saturated heterocycles. The Morgan fingerprint density at radius 3 is 2.68 bits per heavy atom. The van der Waals surface area contributed by atoms with E-state index in [1.165, 1.54) is 31.4 Å². The number of ether oxygens (including phenoxy) is 1. The van der Waals surface area contributed by atoms with Gasteiger partial charge in [-0.2, -0.15) is 0 Å². The smallest absolute Gasteiger partial charge is 0.243 e. The van der Waals surface area contributed by atoms with Crippen molar-refractivity contribution in [3.63, 3.8) is 0 Å². The van der Waals surface area contributed by atoms with Gasteiger partial charge in [-0.1, -0.05) is 6.07 Å². The fourth-order valence-electron chi connectivity index (χ4n) is 1.42. The number of carbonyl (C=O) groups is 1. The number of methoxy groups -OCH3 is 1. The van der Waals surface area contributed by atoms with Crippen LogP contribution < -0.4 is 15.2 Å². The molecular weight excluding hydrogens is 268 g/mol. The predicted octanol–water partition coefficient (Wildman–Crippen LogP) is 0.492. The van der Waals surface area contributed by atoms with Crippen molar-refractivity contribution < 1.29 is 17.9 Å². The Morgan fingerprint density at radius 2 is 2.16 bits per heavy atom. The summed E-state index contributed by atoms with van der Waals surface area (Å²) in [6.07, 6.45) is 2.82. The van der Waals surface area contributed by atoms with E-state index in [0.29, 0.717) is 12.1 Å². The molecule has 1 rings (SSSR count). The van der Waals surface area contributed by atoms with Crippen molar-refractivity contribution in [1.29, 1.82) is 0 Å². The first-order chi connectivity index (χ1) is 8.88. The van der Waals surface area contributed by atoms with E-state index in [1.54, 1.807) is 13.0 Å². The maximum absolute atomic E-state index is 11.4. The zero-order valence-electron chi connectivity index (χ0n) is 10.7. The second-order valence-corrected chi connectivity index (χ2v) is 5.21. The molecule has 1 aromatic rings. The number of hydrogen-bond donors (Lipinski definition) is 2. The molecule has 0 atom stereocenters. The summed E-state index contributed by atoms with van der Waals surface area (Å²) in [6, 6.07) is 4.46. The molecule has 0 aliphatic carbocycles. The Balaban J connectivity index is 3.09. The molecule has 19 heavy (non-hydrogen) atoms. The number of amides is 1. The molecular formula is C12H16N2O4S. The molecule has 6 nitrogen and oxygen atoms in total. The number of sulfonamides is 1. The first-order valence-electron chi connectivity index (χ1n) is 5.55. The van der Waals surface area contributed by atoms with Gasteiger partial charge in [-0.15, -0.1) is 0 Å². The largest absolute Gasteiger partial charge is 0.495 e. The number of rotatable bonds is 5. The highest BCUT2D eigenvalue weighted by Gasteiger charge is 2.14. The van der Waals surface area contributed by atoms with Gasteiger partial charge in [0.2, 0.25) is 15.9 Å². The van der Waals surface area contributed by atoms with Crippen LogP contribution in [0.1, 0.15) is 12.5 Å². The minimum Gasteiger partial charge on any atom is -0.495 e. The molecule has 0 saturated carbocycles. The summed E-state index contributed by atoms with van der Waals surface area (Å²) in [7, 11) is -2.52. The van der Waals surface area contributed by atoms with Crippen LogP contribution >= 0.6 is 0 Å². The van der Waals surface area contributed by atoms with Gasteiger partial charge in [-0.05, 0) is 30.7 Å². The summed E-state index contributed by atoms with van der Waals surface area (Å²) in [5.41, 5.74) is 0.538. The van der Waals surface area contributed by atoms with Gasteiger partial charge in [0.25, 0.3) is 0 Å². The summed E-state index contributed by atoms with van der Waals surface area (Å²) in [4.78, 5) is 11.1. The van der Waals surface area contributed by atoms with Crippen LogP contribution in [0.2, 0.25) is 0 Å². The normalized spacial score (nSPS) is 11.5. The molecule has 1 amide bonds. The van der Waals surface area contributed by atoms with Gasteiger partial charge in [0, 0.05) is 12.6 Å². The van der Waals surface area contributed by atoms with E-state index in [-0.39, 0.29) is 16.6 Å². The Hall–Kier alpha value is -1.86. The van der Waals surface area contributed by atoms with Gasteiger partial charge in [-0.25, -0.2) is 13.6 Å². The minimum absolute atomic E-state index is 0.118. The quantitative estimate of drug-likeness (QED) is 0.769. The number of nitrogens with two attached hydrogens (primary N) is 1. The lowest BCUT2D eigenvalue weighted by atomic mass is 10.2. The van der Waals surface area contributed by atoms with Gasteiger partial charge in [0.15, 0.2) is 0 Å². The molecule has 0 aliphatic heterocycles. The Kier molecular flexibility index (Phi) is 5.08. The van der Waals surface area contributed by atoms with E-state index in [0.717, 1.165) is 0 Å². The van der Waals surface area contributed by atoms with Gasteiger partial charge in [0.1, 0.15) is 10.6 Å². The molecule has 7 heteroatoms. The molecule has 0 heterocycles. The van der Waals surface area contributed by atoms with E-state index in [9.17, 15) is 13.2 Å². The van der Waals surface area contributed by atoms with Crippen molar-refractivity contribution in [1.82, 2.24) is 5.32 Å². The van der Waals surface area contributed by atoms with Crippen LogP contribution in [0.15, 0.2) is 29.2 Å². The monoisotopic (exact) mass is 284 g/mol. The third-order valence-corrected chi connectivity index (χ3v) is 3.20. The van der Waals surface area contributed by atoms with Crippen LogP contribution in [-0.4, -0.2) is 28.0 Å². The molecule has 1 aromatic carbocycles. The van der Waals surface area contributed by atoms with Crippen LogP contribution in [0, 0.1) is 0 Å². The van der Waals surface area contributed by atoms with Crippen LogP contribution in [-0.2, 0) is 14.8 Å². The number of benzene rings is 1. The van der Waals surface area contributed by atoms with Crippen molar-refractivity contribution in [3.05, 3.63) is 29.8 Å². The lowest BCUT2D eigenvalue weighted by Gasteiger charge is -2.07. The van der Waals surface area contributed by atoms with Gasteiger partial charge < -0.3 is 10.1 Å². The number of nitrogens with one attached hydrogen (secondary N) is 1. The summed E-state index contributed by atoms with van der Waals surface area (Å²) in [5, 5.41) is 7.68. The van der Waals surface area contributed by atoms with Gasteiger partial charge in [-0.3, -0.25) is 4.79 Å². The lowest BCUT2D eigenvalue weighted by molar-refractivity contribution is -0.116. The van der Waals surface area contributed by atoms with Crippen molar-refractivity contribution in [2.24, 2.45) is 5.14 Å². The topological polar surface area (TPSA) is 98.5 Å². The number of hydrogen-bond acceptors (Lipinski definition) is 4. The second-order valence-electron chi connectivity index (χ2n) is 3.68. The molecule has 0 aliphatic rings. The minimum atomic E-state index is -3.88. The standard InChI is InChI=1S/C12H16N2O4S/c1-3-14-12(15)7-5-9-4-6-10(18-2)11(8-9)19(13,16)17/h4-8H,3H2,1-2H3,(H,14,15)(H2,13,16,17)/b7-5+. The average molecular weight is 284 g/mol. The third-order valence-electron chi connectivity index (χ3n) is 2.27. The zero-order valence-corrected chi connectivity index (χ0v) is 11.5. The number of carbonyl (C=O) groups excluding carboxylic acids is 1. The van der Waals surface area contributed by atoms with E-state index in [1.807, 2.05) is 0 Å². The second kappa shape index (κ2) is 6.35. The average Bonchev–Trinajstić information content (AvgIpc) is 2.35. The lowest BCUT2D eigenvalue weighted by Crippen LogP contribution is -2.19. The highest BCUT2D eigenvalue weighted by molar-refractivity contribution is 7.89. The predicted molar refractivity (Wildman–Crippen MR) is 72.1 cm³/mol. The van der Waals surface area contributed by atoms with Crippen molar-refractivity contribution in [2.75, 3.05) is 13.7 Å². The van der Waals surface area contributed by atoms with E-state index < -0.39 is 10.0 Å². The van der Waals surface area contributed by atoms with Crippen molar-refractivity contribution >= 4 is 22.0 Å². The summed E-state index contributed by atoms with van der Waals surface area (Å²) >= 11 is 0. The Bertz CT molecular complexity index is 594. The fourth-order valence-corrected chi connectivity index (χ4v) is 2.16. The first kappa shape index (κ1) is 15.2. The van der Waals surface area contributed by atoms with Gasteiger partial charge in [0.05, 0.1) is 7.11 Å².